The van der Waals surface area contributed by atoms with E-state index >= 15 is 0 Å². The summed E-state index contributed by atoms with van der Waals surface area (Å²) in [6, 6.07) is 0. The van der Waals surface area contributed by atoms with Gasteiger partial charge in [0.1, 0.15) is 6.61 Å². The quantitative estimate of drug-likeness (QED) is 0.497. The molecule has 5 heteroatoms. The first-order chi connectivity index (χ1) is 8.25. The van der Waals surface area contributed by atoms with E-state index in [1.807, 2.05) is 0 Å². The fraction of sp³-hybridized carbons (Fsp3) is 0.917. The van der Waals surface area contributed by atoms with Crippen LogP contribution in [-0.2, 0) is 19.0 Å². The van der Waals surface area contributed by atoms with E-state index < -0.39 is 0 Å². The number of esters is 1. The summed E-state index contributed by atoms with van der Waals surface area (Å²) in [5, 5.41) is 3.18. The molecular formula is C12H23NO4. The van der Waals surface area contributed by atoms with Crippen LogP contribution in [0.2, 0.25) is 0 Å². The molecule has 5 nitrogen and oxygen atoms in total. The maximum atomic E-state index is 11.7. The minimum atomic E-state index is -0.108. The Labute approximate surface area is 103 Å². The van der Waals surface area contributed by atoms with E-state index in [4.69, 9.17) is 14.2 Å². The largest absolute Gasteiger partial charge is 0.463 e. The van der Waals surface area contributed by atoms with Crippen molar-refractivity contribution in [1.29, 1.82) is 0 Å². The minimum Gasteiger partial charge on any atom is -0.463 e. The van der Waals surface area contributed by atoms with Crippen LogP contribution in [0.4, 0.5) is 0 Å². The van der Waals surface area contributed by atoms with Crippen LogP contribution in [0.5, 0.6) is 0 Å². The van der Waals surface area contributed by atoms with Crippen molar-refractivity contribution in [3.8, 4) is 0 Å². The Morgan fingerprint density at radius 2 is 2.06 bits per heavy atom. The van der Waals surface area contributed by atoms with Crippen molar-refractivity contribution < 1.29 is 19.0 Å². The number of hydrogen-bond acceptors (Lipinski definition) is 5. The van der Waals surface area contributed by atoms with Crippen LogP contribution in [0.3, 0.4) is 0 Å². The lowest BCUT2D eigenvalue weighted by Gasteiger charge is -2.13. The van der Waals surface area contributed by atoms with Gasteiger partial charge < -0.3 is 19.5 Å². The van der Waals surface area contributed by atoms with Gasteiger partial charge in [0, 0.05) is 26.9 Å². The van der Waals surface area contributed by atoms with Crippen molar-refractivity contribution in [3.63, 3.8) is 0 Å². The average molecular weight is 245 g/mol. The fourth-order valence-corrected chi connectivity index (χ4v) is 1.84. The van der Waals surface area contributed by atoms with E-state index in [1.54, 1.807) is 7.11 Å². The van der Waals surface area contributed by atoms with Gasteiger partial charge >= 0.3 is 5.97 Å². The summed E-state index contributed by atoms with van der Waals surface area (Å²) in [5.41, 5.74) is 0. The maximum Gasteiger partial charge on any atom is 0.310 e. The molecule has 0 aromatic rings. The molecule has 1 aliphatic heterocycles. The molecule has 100 valence electrons. The first kappa shape index (κ1) is 14.4. The summed E-state index contributed by atoms with van der Waals surface area (Å²) in [6.45, 7) is 5.84. The Morgan fingerprint density at radius 1 is 1.24 bits per heavy atom. The predicted molar refractivity (Wildman–Crippen MR) is 63.8 cm³/mol. The van der Waals surface area contributed by atoms with Gasteiger partial charge in [-0.25, -0.2) is 0 Å². The second-order valence-corrected chi connectivity index (χ2v) is 4.37. The van der Waals surface area contributed by atoms with Crippen LogP contribution in [0.25, 0.3) is 0 Å². The van der Waals surface area contributed by atoms with Gasteiger partial charge in [0.25, 0.3) is 0 Å². The summed E-state index contributed by atoms with van der Waals surface area (Å²) >= 11 is 0. The molecule has 0 aromatic heterocycles. The molecule has 0 saturated carbocycles. The molecule has 0 aromatic carbocycles. The van der Waals surface area contributed by atoms with Crippen molar-refractivity contribution in [2.75, 3.05) is 46.6 Å². The van der Waals surface area contributed by atoms with Crippen LogP contribution in [0, 0.1) is 11.8 Å². The highest BCUT2D eigenvalue weighted by atomic mass is 16.6. The van der Waals surface area contributed by atoms with E-state index in [-0.39, 0.29) is 11.9 Å². The first-order valence-corrected chi connectivity index (χ1v) is 6.19. The molecule has 1 aliphatic rings. The second-order valence-electron chi connectivity index (χ2n) is 4.37. The van der Waals surface area contributed by atoms with Gasteiger partial charge in [0.05, 0.1) is 12.5 Å². The molecule has 0 spiro atoms. The van der Waals surface area contributed by atoms with Crippen LogP contribution >= 0.6 is 0 Å². The topological polar surface area (TPSA) is 56.8 Å². The molecule has 0 radical (unpaired) electrons. The highest BCUT2D eigenvalue weighted by molar-refractivity contribution is 5.73. The van der Waals surface area contributed by atoms with E-state index in [9.17, 15) is 4.79 Å². The van der Waals surface area contributed by atoms with Crippen molar-refractivity contribution in [3.05, 3.63) is 0 Å². The van der Waals surface area contributed by atoms with Gasteiger partial charge in [-0.3, -0.25) is 4.79 Å². The monoisotopic (exact) mass is 245 g/mol. The zero-order chi connectivity index (χ0) is 12.5. The molecule has 1 fully saturated rings. The Kier molecular flexibility index (Phi) is 7.16. The van der Waals surface area contributed by atoms with E-state index in [2.05, 4.69) is 12.2 Å². The number of rotatable bonds is 8. The molecule has 0 aliphatic carbocycles. The molecule has 1 saturated heterocycles. The Balaban J connectivity index is 1.97. The van der Waals surface area contributed by atoms with Gasteiger partial charge in [-0.2, -0.15) is 0 Å². The summed E-state index contributed by atoms with van der Waals surface area (Å²) in [5.74, 6) is 0.261. The number of carbonyl (C=O) groups is 1. The zero-order valence-corrected chi connectivity index (χ0v) is 10.7. The Bertz CT molecular complexity index is 223. The van der Waals surface area contributed by atoms with Crippen molar-refractivity contribution in [2.45, 2.75) is 13.3 Å². The van der Waals surface area contributed by atoms with Crippen molar-refractivity contribution in [2.24, 2.45) is 11.8 Å². The number of hydrogen-bond donors (Lipinski definition) is 1. The predicted octanol–water partition coefficient (Wildman–Crippen LogP) is 0.438. The van der Waals surface area contributed by atoms with Gasteiger partial charge in [0.2, 0.25) is 0 Å². The number of methoxy groups -OCH3 is 1. The standard InChI is InChI=1S/C12H23NO4/c1-10-8-13-9-11(10)12(14)17-7-6-16-5-3-4-15-2/h10-11,13H,3-9H2,1-2H3. The van der Waals surface area contributed by atoms with E-state index in [1.165, 1.54) is 0 Å². The molecule has 2 unspecified atom stereocenters. The summed E-state index contributed by atoms with van der Waals surface area (Å²) in [6.07, 6.45) is 0.869. The van der Waals surface area contributed by atoms with Crippen LogP contribution < -0.4 is 5.32 Å². The average Bonchev–Trinajstić information content (AvgIpc) is 2.74. The third kappa shape index (κ3) is 5.48. The summed E-state index contributed by atoms with van der Waals surface area (Å²) in [4.78, 5) is 11.7. The van der Waals surface area contributed by atoms with Crippen molar-refractivity contribution >= 4 is 5.97 Å². The second kappa shape index (κ2) is 8.44. The van der Waals surface area contributed by atoms with Gasteiger partial charge in [0.15, 0.2) is 0 Å². The minimum absolute atomic E-state index is 0.00323. The van der Waals surface area contributed by atoms with E-state index in [0.29, 0.717) is 32.3 Å². The molecule has 1 heterocycles. The zero-order valence-electron chi connectivity index (χ0n) is 10.7. The highest BCUT2D eigenvalue weighted by Gasteiger charge is 2.30. The molecule has 0 bridgehead atoms. The Hall–Kier alpha value is -0.650. The molecule has 1 rings (SSSR count). The van der Waals surface area contributed by atoms with Gasteiger partial charge in [-0.05, 0) is 18.9 Å². The lowest BCUT2D eigenvalue weighted by molar-refractivity contribution is -0.150. The van der Waals surface area contributed by atoms with Gasteiger partial charge in [-0.1, -0.05) is 6.92 Å². The third-order valence-corrected chi connectivity index (χ3v) is 2.93. The van der Waals surface area contributed by atoms with Crippen LogP contribution in [0.1, 0.15) is 13.3 Å². The first-order valence-electron chi connectivity index (χ1n) is 6.19. The smallest absolute Gasteiger partial charge is 0.310 e. The molecule has 0 amide bonds. The summed E-state index contributed by atoms with van der Waals surface area (Å²) in [7, 11) is 1.67. The normalized spacial score (nSPS) is 23.9. The van der Waals surface area contributed by atoms with Crippen molar-refractivity contribution in [1.82, 2.24) is 5.32 Å². The lowest BCUT2D eigenvalue weighted by atomic mass is 9.99. The van der Waals surface area contributed by atoms with E-state index in [0.717, 1.165) is 19.5 Å². The third-order valence-electron chi connectivity index (χ3n) is 2.93. The van der Waals surface area contributed by atoms with Crippen LogP contribution in [0.15, 0.2) is 0 Å². The highest BCUT2D eigenvalue weighted by Crippen LogP contribution is 2.16. The number of nitrogens with one attached hydrogen (secondary N) is 1. The number of ether oxygens (including phenoxy) is 3. The molecule has 1 N–H and O–H groups in total. The molecule has 17 heavy (non-hydrogen) atoms. The van der Waals surface area contributed by atoms with Crippen LogP contribution in [-0.4, -0.2) is 52.6 Å². The fourth-order valence-electron chi connectivity index (χ4n) is 1.84. The lowest BCUT2D eigenvalue weighted by Crippen LogP contribution is -2.25. The maximum absolute atomic E-state index is 11.7. The molecule has 2 atom stereocenters. The summed E-state index contributed by atoms with van der Waals surface area (Å²) < 4.78 is 15.4. The molecular weight excluding hydrogens is 222 g/mol. The SMILES string of the molecule is COCCCOCCOC(=O)C1CNCC1C. The Morgan fingerprint density at radius 3 is 2.71 bits per heavy atom. The van der Waals surface area contributed by atoms with Gasteiger partial charge in [-0.15, -0.1) is 0 Å². The number of carbonyl (C=O) groups excluding carboxylic acids is 1.